The lowest BCUT2D eigenvalue weighted by molar-refractivity contribution is 0.639. The fourth-order valence-electron chi connectivity index (χ4n) is 12.1. The lowest BCUT2D eigenvalue weighted by Crippen LogP contribution is -2.16. The smallest absolute Gasteiger partial charge is 0.0541 e. The molecule has 0 unspecified atom stereocenters. The minimum Gasteiger partial charge on any atom is -0.310 e. The van der Waals surface area contributed by atoms with Gasteiger partial charge in [-0.15, -0.1) is 11.3 Å². The normalized spacial score (nSPS) is 14.0. The van der Waals surface area contributed by atoms with Crippen LogP contribution in [0, 0.1) is 0 Å². The fraction of sp³-hybridized carbons (Fsp3) is 0.0986. The number of benzene rings is 10. The summed E-state index contributed by atoms with van der Waals surface area (Å²) in [7, 11) is 0. The summed E-state index contributed by atoms with van der Waals surface area (Å²) in [6.07, 6.45) is 1.98. The van der Waals surface area contributed by atoms with E-state index in [9.17, 15) is 0 Å². The van der Waals surface area contributed by atoms with Crippen LogP contribution < -0.4 is 4.90 Å². The molecule has 74 heavy (non-hydrogen) atoms. The number of para-hydroxylation sites is 3. The summed E-state index contributed by atoms with van der Waals surface area (Å²) in [5, 5.41) is 5.14. The topological polar surface area (TPSA) is 8.17 Å². The number of hydrogen-bond donors (Lipinski definition) is 0. The second-order valence-electron chi connectivity index (χ2n) is 20.9. The maximum absolute atomic E-state index is 3.90. The van der Waals surface area contributed by atoms with E-state index in [2.05, 4.69) is 281 Å². The van der Waals surface area contributed by atoms with Crippen LogP contribution in [-0.4, -0.2) is 4.57 Å². The van der Waals surface area contributed by atoms with Crippen LogP contribution in [-0.2, 0) is 10.8 Å². The van der Waals surface area contributed by atoms with Crippen molar-refractivity contribution in [3.8, 4) is 39.1 Å². The van der Waals surface area contributed by atoms with E-state index in [1.807, 2.05) is 17.4 Å². The quantitative estimate of drug-likeness (QED) is 0.155. The van der Waals surface area contributed by atoms with Crippen molar-refractivity contribution in [3.63, 3.8) is 0 Å². The highest BCUT2D eigenvalue weighted by atomic mass is 32.1. The summed E-state index contributed by atoms with van der Waals surface area (Å²) in [6.45, 7) is 15.4. The Morgan fingerprint density at radius 2 is 0.973 bits per heavy atom. The van der Waals surface area contributed by atoms with Gasteiger partial charge >= 0.3 is 0 Å². The van der Waals surface area contributed by atoms with Crippen molar-refractivity contribution in [1.29, 1.82) is 0 Å². The van der Waals surface area contributed by atoms with Gasteiger partial charge in [-0.25, -0.2) is 0 Å². The summed E-state index contributed by atoms with van der Waals surface area (Å²) < 4.78 is 5.00. The first-order chi connectivity index (χ1) is 36.1. The molecule has 0 saturated carbocycles. The Kier molecular flexibility index (Phi) is 10.8. The number of rotatable bonds is 7. The van der Waals surface area contributed by atoms with E-state index in [-0.39, 0.29) is 10.8 Å². The first-order valence-electron chi connectivity index (χ1n) is 25.8. The largest absolute Gasteiger partial charge is 0.310 e. The third-order valence-corrected chi connectivity index (χ3v) is 17.4. The molecular weight excluding hydrogens is 913 g/mol. The third-order valence-electron chi connectivity index (χ3n) is 16.2. The van der Waals surface area contributed by atoms with Crippen LogP contribution in [0.2, 0.25) is 0 Å². The van der Waals surface area contributed by atoms with Gasteiger partial charge in [0.1, 0.15) is 0 Å². The van der Waals surface area contributed by atoms with Crippen LogP contribution in [0.25, 0.3) is 86.6 Å². The molecule has 14 rings (SSSR count). The molecule has 3 heteroatoms. The molecule has 0 atom stereocenters. The molecule has 2 nitrogen and oxygen atoms in total. The molecule has 356 valence electrons. The van der Waals surface area contributed by atoms with E-state index in [1.54, 1.807) is 0 Å². The van der Waals surface area contributed by atoms with Gasteiger partial charge < -0.3 is 9.47 Å². The summed E-state index contributed by atoms with van der Waals surface area (Å²) in [5.41, 5.74) is 23.0. The highest BCUT2D eigenvalue weighted by Gasteiger charge is 2.36. The van der Waals surface area contributed by atoms with Crippen molar-refractivity contribution >= 4 is 76.0 Å². The van der Waals surface area contributed by atoms with Crippen molar-refractivity contribution in [1.82, 2.24) is 4.57 Å². The van der Waals surface area contributed by atoms with Crippen LogP contribution in [0.1, 0.15) is 56.9 Å². The average molecular weight is 969 g/mol. The molecule has 0 fully saturated rings. The molecule has 12 aromatic rings. The molecule has 0 spiro atoms. The zero-order chi connectivity index (χ0) is 50.3. The van der Waals surface area contributed by atoms with E-state index in [0.29, 0.717) is 0 Å². The summed E-state index contributed by atoms with van der Waals surface area (Å²) in [5.74, 6) is 0. The van der Waals surface area contributed by atoms with Crippen LogP contribution in [0.3, 0.4) is 0 Å². The molecule has 2 aliphatic rings. The van der Waals surface area contributed by atoms with Crippen LogP contribution in [0.15, 0.2) is 249 Å². The van der Waals surface area contributed by atoms with Gasteiger partial charge in [0.25, 0.3) is 0 Å². The van der Waals surface area contributed by atoms with Gasteiger partial charge in [-0.2, -0.15) is 0 Å². The van der Waals surface area contributed by atoms with E-state index < -0.39 is 0 Å². The van der Waals surface area contributed by atoms with E-state index in [0.717, 1.165) is 17.1 Å². The minimum absolute atomic E-state index is 0.0737. The number of fused-ring (bicyclic) bond motifs is 10. The molecule has 0 radical (unpaired) electrons. The molecule has 2 aliphatic carbocycles. The van der Waals surface area contributed by atoms with E-state index in [4.69, 9.17) is 0 Å². The average Bonchev–Trinajstić information content (AvgIpc) is 4.12. The van der Waals surface area contributed by atoms with Gasteiger partial charge in [0.15, 0.2) is 0 Å². The summed E-state index contributed by atoms with van der Waals surface area (Å²) >= 11 is 1.89. The van der Waals surface area contributed by atoms with Gasteiger partial charge in [-0.1, -0.05) is 198 Å². The van der Waals surface area contributed by atoms with Gasteiger partial charge in [0.05, 0.1) is 11.0 Å². The van der Waals surface area contributed by atoms with Crippen molar-refractivity contribution in [2.45, 2.75) is 45.4 Å². The zero-order valence-electron chi connectivity index (χ0n) is 42.5. The predicted molar refractivity (Wildman–Crippen MR) is 319 cm³/mol. The Hall–Kier alpha value is -8.50. The highest BCUT2D eigenvalue weighted by Crippen LogP contribution is 2.51. The minimum atomic E-state index is -0.0737. The molecule has 2 heterocycles. The lowest BCUT2D eigenvalue weighted by Gasteiger charge is -2.28. The summed E-state index contributed by atoms with van der Waals surface area (Å²) in [4.78, 5) is 2.39. The number of aromatic nitrogens is 1. The second-order valence-corrected chi connectivity index (χ2v) is 22.0. The molecule has 0 amide bonds. The number of allylic oxidation sites excluding steroid dienone is 3. The van der Waals surface area contributed by atoms with Crippen LogP contribution >= 0.6 is 11.3 Å². The van der Waals surface area contributed by atoms with Crippen molar-refractivity contribution < 1.29 is 0 Å². The van der Waals surface area contributed by atoms with Crippen molar-refractivity contribution in [3.05, 3.63) is 271 Å². The molecule has 2 aromatic heterocycles. The Balaban J connectivity index is 0.000000327. The molecule has 0 saturated heterocycles. The number of hydrogen-bond acceptors (Lipinski definition) is 2. The maximum atomic E-state index is 3.90. The Morgan fingerprint density at radius 1 is 0.419 bits per heavy atom. The zero-order valence-corrected chi connectivity index (χ0v) is 43.3. The van der Waals surface area contributed by atoms with Crippen LogP contribution in [0.4, 0.5) is 17.1 Å². The van der Waals surface area contributed by atoms with Gasteiger partial charge in [-0.05, 0) is 147 Å². The second kappa shape index (κ2) is 17.6. The first-order valence-corrected chi connectivity index (χ1v) is 26.6. The Morgan fingerprint density at radius 3 is 1.73 bits per heavy atom. The van der Waals surface area contributed by atoms with Crippen molar-refractivity contribution in [2.24, 2.45) is 0 Å². The molecular formula is C71H56N2S. The third kappa shape index (κ3) is 7.21. The molecule has 0 N–H and O–H groups in total. The Bertz CT molecular complexity index is 4200. The van der Waals surface area contributed by atoms with Gasteiger partial charge in [0, 0.05) is 64.5 Å². The summed E-state index contributed by atoms with van der Waals surface area (Å²) in [6, 6.07) is 84.5. The maximum Gasteiger partial charge on any atom is 0.0541 e. The highest BCUT2D eigenvalue weighted by molar-refractivity contribution is 7.26. The Labute approximate surface area is 438 Å². The van der Waals surface area contributed by atoms with Gasteiger partial charge in [0.2, 0.25) is 0 Å². The molecule has 0 aliphatic heterocycles. The monoisotopic (exact) mass is 968 g/mol. The van der Waals surface area contributed by atoms with Crippen molar-refractivity contribution in [2.75, 3.05) is 4.90 Å². The molecule has 10 aromatic carbocycles. The van der Waals surface area contributed by atoms with E-state index >= 15 is 0 Å². The standard InChI is InChI=1S/C57H40N2S.C14H16/c1-57(2)51-22-11-9-18-45(51)46-31-30-43(36-52(46)57)58(40-14-5-3-6-15-40)42-28-24-37(25-29-42)44-20-13-21-48-50-35-39(27-33-55(50)60-56(44)48)38-26-32-54-49(34-38)47-19-10-12-23-53(47)59(54)41-16-7-4-8-17-41;1-5-11-10(2)14(3,4)13-9-7-6-8-12(11)13/h3-36H,1-2H3;5-9H,1H2,2-4H3. The first kappa shape index (κ1) is 45.4. The van der Waals surface area contributed by atoms with Gasteiger partial charge in [-0.3, -0.25) is 0 Å². The SMILES string of the molecule is C=CC1=C(C)C(C)(C)c2ccccc21.CC1(C)c2ccccc2-c2ccc(N(c3ccccc3)c3ccc(-c4cccc5c4sc4ccc(-c6ccc7c(c6)c6ccccc6n7-c6ccccc6)cc45)cc3)cc21. The number of nitrogens with zero attached hydrogens (tertiary/aromatic N) is 2. The fourth-order valence-corrected chi connectivity index (χ4v) is 13.3. The predicted octanol–water partition coefficient (Wildman–Crippen LogP) is 20.2. The lowest BCUT2D eigenvalue weighted by atomic mass is 9.82. The van der Waals surface area contributed by atoms with Crippen LogP contribution in [0.5, 0.6) is 0 Å². The van der Waals surface area contributed by atoms with E-state index in [1.165, 1.54) is 114 Å². The number of thiophene rings is 1. The molecule has 0 bridgehead atoms. The number of anilines is 3.